The molecule has 0 saturated carbocycles. The highest BCUT2D eigenvalue weighted by Crippen LogP contribution is 2.22. The van der Waals surface area contributed by atoms with E-state index in [2.05, 4.69) is 19.6 Å². The predicted molar refractivity (Wildman–Crippen MR) is 54.9 cm³/mol. The standard InChI is InChI=1S/C9H4F2N4S/c10-4-1-5(11)8-6(2-4)12-9(13-8)7-3-16-15-14-7/h1-3H,(H,12,13). The number of hydrogen-bond donors (Lipinski definition) is 1. The molecule has 0 atom stereocenters. The molecule has 0 aliphatic rings. The Bertz CT molecular complexity index is 647. The summed E-state index contributed by atoms with van der Waals surface area (Å²) in [4.78, 5) is 6.80. The van der Waals surface area contributed by atoms with Gasteiger partial charge in [-0.15, -0.1) is 5.10 Å². The van der Waals surface area contributed by atoms with E-state index >= 15 is 0 Å². The quantitative estimate of drug-likeness (QED) is 0.708. The van der Waals surface area contributed by atoms with E-state index in [4.69, 9.17) is 0 Å². The molecule has 0 bridgehead atoms. The SMILES string of the molecule is Fc1cc(F)c2nc(-c3csnn3)[nH]c2c1. The summed E-state index contributed by atoms with van der Waals surface area (Å²) in [6.07, 6.45) is 0. The molecule has 2 heterocycles. The maximum atomic E-state index is 13.3. The largest absolute Gasteiger partial charge is 0.336 e. The van der Waals surface area contributed by atoms with E-state index in [9.17, 15) is 8.78 Å². The van der Waals surface area contributed by atoms with Gasteiger partial charge in [0.25, 0.3) is 0 Å². The number of aromatic amines is 1. The Morgan fingerprint density at radius 1 is 1.25 bits per heavy atom. The summed E-state index contributed by atoms with van der Waals surface area (Å²) in [7, 11) is 0. The summed E-state index contributed by atoms with van der Waals surface area (Å²) in [6, 6.07) is 1.99. The number of nitrogens with zero attached hydrogens (tertiary/aromatic N) is 3. The van der Waals surface area contributed by atoms with Gasteiger partial charge in [-0.3, -0.25) is 0 Å². The molecule has 0 spiro atoms. The van der Waals surface area contributed by atoms with Crippen LogP contribution in [0.15, 0.2) is 17.5 Å². The van der Waals surface area contributed by atoms with Crippen LogP contribution in [0.3, 0.4) is 0 Å². The first-order valence-electron chi connectivity index (χ1n) is 4.36. The monoisotopic (exact) mass is 238 g/mol. The molecule has 3 aromatic rings. The molecular weight excluding hydrogens is 234 g/mol. The molecule has 7 heteroatoms. The Labute approximate surface area is 92.1 Å². The summed E-state index contributed by atoms with van der Waals surface area (Å²) >= 11 is 1.16. The lowest BCUT2D eigenvalue weighted by Crippen LogP contribution is -1.81. The highest BCUT2D eigenvalue weighted by atomic mass is 32.1. The zero-order valence-electron chi connectivity index (χ0n) is 7.74. The maximum Gasteiger partial charge on any atom is 0.160 e. The van der Waals surface area contributed by atoms with E-state index in [1.165, 1.54) is 6.07 Å². The van der Waals surface area contributed by atoms with Crippen molar-refractivity contribution in [2.75, 3.05) is 0 Å². The van der Waals surface area contributed by atoms with Gasteiger partial charge in [-0.1, -0.05) is 4.49 Å². The third-order valence-corrected chi connectivity index (χ3v) is 2.61. The molecule has 0 unspecified atom stereocenters. The van der Waals surface area contributed by atoms with Gasteiger partial charge in [-0.25, -0.2) is 13.8 Å². The number of aromatic nitrogens is 4. The zero-order chi connectivity index (χ0) is 11.1. The Kier molecular flexibility index (Phi) is 1.93. The third-order valence-electron chi connectivity index (χ3n) is 2.11. The fourth-order valence-electron chi connectivity index (χ4n) is 1.43. The number of nitrogens with one attached hydrogen (secondary N) is 1. The van der Waals surface area contributed by atoms with E-state index in [0.717, 1.165) is 17.6 Å². The van der Waals surface area contributed by atoms with Gasteiger partial charge < -0.3 is 4.98 Å². The van der Waals surface area contributed by atoms with Crippen molar-refractivity contribution in [2.45, 2.75) is 0 Å². The van der Waals surface area contributed by atoms with Crippen molar-refractivity contribution in [3.63, 3.8) is 0 Å². The molecule has 80 valence electrons. The van der Waals surface area contributed by atoms with Crippen molar-refractivity contribution in [3.05, 3.63) is 29.1 Å². The van der Waals surface area contributed by atoms with E-state index in [-0.39, 0.29) is 5.52 Å². The van der Waals surface area contributed by atoms with Gasteiger partial charge in [-0.05, 0) is 17.6 Å². The van der Waals surface area contributed by atoms with Crippen LogP contribution in [-0.4, -0.2) is 19.6 Å². The summed E-state index contributed by atoms with van der Waals surface area (Å²) in [5.74, 6) is -0.953. The number of fused-ring (bicyclic) bond motifs is 1. The molecule has 0 aliphatic carbocycles. The summed E-state index contributed by atoms with van der Waals surface area (Å²) < 4.78 is 30.0. The Hall–Kier alpha value is -1.89. The zero-order valence-corrected chi connectivity index (χ0v) is 8.55. The van der Waals surface area contributed by atoms with Crippen molar-refractivity contribution in [3.8, 4) is 11.5 Å². The van der Waals surface area contributed by atoms with Crippen LogP contribution in [0.25, 0.3) is 22.6 Å². The summed E-state index contributed by atoms with van der Waals surface area (Å²) in [5.41, 5.74) is 0.922. The number of H-pyrrole nitrogens is 1. The molecule has 0 aliphatic heterocycles. The van der Waals surface area contributed by atoms with Crippen molar-refractivity contribution in [1.82, 2.24) is 19.6 Å². The van der Waals surface area contributed by atoms with Gasteiger partial charge in [0.1, 0.15) is 17.0 Å². The third kappa shape index (κ3) is 1.36. The first-order chi connectivity index (χ1) is 7.74. The Balaban J connectivity index is 2.27. The first-order valence-corrected chi connectivity index (χ1v) is 5.20. The molecule has 3 rings (SSSR count). The van der Waals surface area contributed by atoms with Crippen LogP contribution < -0.4 is 0 Å². The predicted octanol–water partition coefficient (Wildman–Crippen LogP) is 2.36. The molecule has 1 N–H and O–H groups in total. The van der Waals surface area contributed by atoms with Gasteiger partial charge in [0.05, 0.1) is 5.52 Å². The van der Waals surface area contributed by atoms with Gasteiger partial charge in [0.2, 0.25) is 0 Å². The molecule has 0 fully saturated rings. The van der Waals surface area contributed by atoms with Crippen LogP contribution in [0, 0.1) is 11.6 Å². The fourth-order valence-corrected chi connectivity index (χ4v) is 1.87. The molecule has 0 radical (unpaired) electrons. The van der Waals surface area contributed by atoms with E-state index < -0.39 is 11.6 Å². The fraction of sp³-hybridized carbons (Fsp3) is 0. The molecule has 2 aromatic heterocycles. The number of hydrogen-bond acceptors (Lipinski definition) is 4. The first kappa shape index (κ1) is 9.34. The van der Waals surface area contributed by atoms with Crippen LogP contribution in [0.1, 0.15) is 0 Å². The molecule has 0 amide bonds. The van der Waals surface area contributed by atoms with Crippen LogP contribution in [0.5, 0.6) is 0 Å². The van der Waals surface area contributed by atoms with Crippen molar-refractivity contribution < 1.29 is 8.78 Å². The normalized spacial score (nSPS) is 11.1. The minimum absolute atomic E-state index is 0.101. The highest BCUT2D eigenvalue weighted by molar-refractivity contribution is 7.03. The van der Waals surface area contributed by atoms with Crippen LogP contribution >= 0.6 is 11.5 Å². The van der Waals surface area contributed by atoms with Crippen LogP contribution in [-0.2, 0) is 0 Å². The average molecular weight is 238 g/mol. The lowest BCUT2D eigenvalue weighted by Gasteiger charge is -1.90. The maximum absolute atomic E-state index is 13.3. The minimum atomic E-state index is -0.694. The highest BCUT2D eigenvalue weighted by Gasteiger charge is 2.12. The molecule has 4 nitrogen and oxygen atoms in total. The van der Waals surface area contributed by atoms with Crippen molar-refractivity contribution in [2.24, 2.45) is 0 Å². The van der Waals surface area contributed by atoms with E-state index in [1.807, 2.05) is 0 Å². The Morgan fingerprint density at radius 3 is 2.88 bits per heavy atom. The van der Waals surface area contributed by atoms with E-state index in [1.54, 1.807) is 5.38 Å². The molecule has 1 aromatic carbocycles. The van der Waals surface area contributed by atoms with Crippen LogP contribution in [0.2, 0.25) is 0 Å². The van der Waals surface area contributed by atoms with Gasteiger partial charge in [-0.2, -0.15) is 0 Å². The lowest BCUT2D eigenvalue weighted by atomic mass is 10.3. The number of benzene rings is 1. The topological polar surface area (TPSA) is 54.5 Å². The molecule has 0 saturated heterocycles. The lowest BCUT2D eigenvalue weighted by molar-refractivity contribution is 0.591. The second kappa shape index (κ2) is 3.31. The van der Waals surface area contributed by atoms with Gasteiger partial charge in [0, 0.05) is 11.4 Å². The molecule has 16 heavy (non-hydrogen) atoms. The van der Waals surface area contributed by atoms with Crippen molar-refractivity contribution in [1.29, 1.82) is 0 Å². The van der Waals surface area contributed by atoms with Crippen LogP contribution in [0.4, 0.5) is 8.78 Å². The number of rotatable bonds is 1. The number of imidazole rings is 1. The van der Waals surface area contributed by atoms with E-state index in [0.29, 0.717) is 17.0 Å². The number of halogens is 2. The molecular formula is C9H4F2N4S. The summed E-state index contributed by atoms with van der Waals surface area (Å²) in [6.45, 7) is 0. The second-order valence-corrected chi connectivity index (χ2v) is 3.77. The average Bonchev–Trinajstić information content (AvgIpc) is 2.82. The Morgan fingerprint density at radius 2 is 2.12 bits per heavy atom. The van der Waals surface area contributed by atoms with Gasteiger partial charge in [0.15, 0.2) is 11.6 Å². The minimum Gasteiger partial charge on any atom is -0.336 e. The summed E-state index contributed by atoms with van der Waals surface area (Å²) in [5, 5.41) is 5.47. The smallest absolute Gasteiger partial charge is 0.160 e. The van der Waals surface area contributed by atoms with Crippen molar-refractivity contribution >= 4 is 22.6 Å². The van der Waals surface area contributed by atoms with Gasteiger partial charge >= 0.3 is 0 Å². The second-order valence-electron chi connectivity index (χ2n) is 3.16.